The van der Waals surface area contributed by atoms with Gasteiger partial charge in [0.15, 0.2) is 5.82 Å². The average molecular weight is 301 g/mol. The third-order valence-electron chi connectivity index (χ3n) is 3.57. The summed E-state index contributed by atoms with van der Waals surface area (Å²) >= 11 is 3.94. The number of thioether (sulfide) groups is 2. The summed E-state index contributed by atoms with van der Waals surface area (Å²) in [4.78, 5) is 4.56. The zero-order valence-corrected chi connectivity index (χ0v) is 12.5. The predicted octanol–water partition coefficient (Wildman–Crippen LogP) is 1.76. The van der Waals surface area contributed by atoms with Gasteiger partial charge in [-0.1, -0.05) is 12.1 Å². The number of aliphatic hydroxyl groups excluding tert-OH is 1. The molecule has 106 valence electrons. The Morgan fingerprint density at radius 1 is 1.42 bits per heavy atom. The Balaban J connectivity index is 1.73. The van der Waals surface area contributed by atoms with Crippen molar-refractivity contribution < 1.29 is 9.63 Å². The van der Waals surface area contributed by atoms with E-state index in [2.05, 4.69) is 22.4 Å². The molecule has 1 aromatic heterocycles. The Morgan fingerprint density at radius 3 is 3.00 bits per heavy atom. The van der Waals surface area contributed by atoms with Crippen LogP contribution in [0.1, 0.15) is 42.8 Å². The molecule has 7 heteroatoms. The highest BCUT2D eigenvalue weighted by atomic mass is 32.2. The molecule has 2 aliphatic heterocycles. The molecule has 3 heterocycles. The maximum Gasteiger partial charge on any atom is 0.243 e. The number of aliphatic hydroxyl groups is 1. The number of nitrogens with zero attached hydrogens (tertiary/aromatic N) is 2. The van der Waals surface area contributed by atoms with E-state index in [0.717, 1.165) is 18.0 Å². The van der Waals surface area contributed by atoms with Crippen molar-refractivity contribution in [2.75, 3.05) is 18.1 Å². The van der Waals surface area contributed by atoms with Crippen molar-refractivity contribution >= 4 is 23.5 Å². The molecule has 2 N–H and O–H groups in total. The first kappa shape index (κ1) is 13.7. The first-order valence-electron chi connectivity index (χ1n) is 6.76. The van der Waals surface area contributed by atoms with Gasteiger partial charge in [0.25, 0.3) is 0 Å². The van der Waals surface area contributed by atoms with Gasteiger partial charge in [-0.25, -0.2) is 0 Å². The smallest absolute Gasteiger partial charge is 0.243 e. The highest BCUT2D eigenvalue weighted by Gasteiger charge is 2.33. The zero-order chi connectivity index (χ0) is 13.2. The van der Waals surface area contributed by atoms with E-state index in [1.807, 2.05) is 23.5 Å². The number of hydrogen-bond acceptors (Lipinski definition) is 7. The normalized spacial score (nSPS) is 35.7. The molecule has 4 atom stereocenters. The average Bonchev–Trinajstić information content (AvgIpc) is 3.07. The van der Waals surface area contributed by atoms with E-state index in [1.165, 1.54) is 5.75 Å². The Kier molecular flexibility index (Phi) is 4.36. The van der Waals surface area contributed by atoms with Crippen molar-refractivity contribution in [1.82, 2.24) is 15.5 Å². The largest absolute Gasteiger partial charge is 0.392 e. The number of hydrogen-bond donors (Lipinski definition) is 2. The minimum absolute atomic E-state index is 0.0116. The quantitative estimate of drug-likeness (QED) is 0.881. The van der Waals surface area contributed by atoms with E-state index in [-0.39, 0.29) is 12.1 Å². The lowest BCUT2D eigenvalue weighted by atomic mass is 10.2. The second-order valence-corrected chi connectivity index (χ2v) is 7.55. The van der Waals surface area contributed by atoms with Crippen LogP contribution in [0.3, 0.4) is 0 Å². The molecule has 0 spiro atoms. The van der Waals surface area contributed by atoms with Crippen LogP contribution in [0, 0.1) is 0 Å². The molecule has 0 amide bonds. The molecule has 5 nitrogen and oxygen atoms in total. The van der Waals surface area contributed by atoms with Gasteiger partial charge in [-0.2, -0.15) is 16.7 Å². The van der Waals surface area contributed by atoms with Crippen LogP contribution < -0.4 is 5.32 Å². The number of nitrogens with one attached hydrogen (secondary N) is 1. The van der Waals surface area contributed by atoms with Gasteiger partial charge in [-0.05, 0) is 12.8 Å². The van der Waals surface area contributed by atoms with Crippen molar-refractivity contribution in [1.29, 1.82) is 0 Å². The maximum atomic E-state index is 9.54. The van der Waals surface area contributed by atoms with Crippen LogP contribution in [0.4, 0.5) is 0 Å². The fourth-order valence-electron chi connectivity index (χ4n) is 2.55. The summed E-state index contributed by atoms with van der Waals surface area (Å²) in [7, 11) is 0. The first-order chi connectivity index (χ1) is 9.28. The Morgan fingerprint density at radius 2 is 2.26 bits per heavy atom. The van der Waals surface area contributed by atoms with E-state index >= 15 is 0 Å². The molecule has 0 aliphatic carbocycles. The number of β-amino-alcohol motifs (C(OH)–C–C–N with tert-alkyl or cyclic N) is 1. The van der Waals surface area contributed by atoms with Gasteiger partial charge in [-0.15, -0.1) is 11.8 Å². The summed E-state index contributed by atoms with van der Waals surface area (Å²) in [6.45, 7) is 2.82. The minimum Gasteiger partial charge on any atom is -0.392 e. The summed E-state index contributed by atoms with van der Waals surface area (Å²) < 4.78 is 5.39. The van der Waals surface area contributed by atoms with Crippen molar-refractivity contribution in [3.05, 3.63) is 11.7 Å². The summed E-state index contributed by atoms with van der Waals surface area (Å²) in [5, 5.41) is 17.8. The van der Waals surface area contributed by atoms with Crippen LogP contribution in [-0.2, 0) is 0 Å². The number of aromatic nitrogens is 2. The van der Waals surface area contributed by atoms with Crippen LogP contribution in [0.2, 0.25) is 0 Å². The van der Waals surface area contributed by atoms with Gasteiger partial charge in [-0.3, -0.25) is 0 Å². The van der Waals surface area contributed by atoms with Gasteiger partial charge >= 0.3 is 0 Å². The molecule has 2 aliphatic rings. The van der Waals surface area contributed by atoms with Gasteiger partial charge in [0, 0.05) is 23.3 Å². The molecule has 0 aromatic carbocycles. The van der Waals surface area contributed by atoms with Gasteiger partial charge < -0.3 is 14.9 Å². The molecule has 2 fully saturated rings. The van der Waals surface area contributed by atoms with Crippen LogP contribution in [0.25, 0.3) is 0 Å². The Bertz CT molecular complexity index is 429. The van der Waals surface area contributed by atoms with E-state index in [0.29, 0.717) is 29.4 Å². The van der Waals surface area contributed by atoms with Crippen molar-refractivity contribution in [2.24, 2.45) is 0 Å². The van der Waals surface area contributed by atoms with Crippen molar-refractivity contribution in [2.45, 2.75) is 42.4 Å². The summed E-state index contributed by atoms with van der Waals surface area (Å²) in [6.07, 6.45) is 1.49. The van der Waals surface area contributed by atoms with Crippen molar-refractivity contribution in [3.63, 3.8) is 0 Å². The lowest BCUT2D eigenvalue weighted by Gasteiger charge is -2.27. The van der Waals surface area contributed by atoms with E-state index < -0.39 is 0 Å². The molecule has 0 bridgehead atoms. The third-order valence-corrected chi connectivity index (χ3v) is 6.81. The van der Waals surface area contributed by atoms with Gasteiger partial charge in [0.1, 0.15) is 0 Å². The third kappa shape index (κ3) is 2.94. The molecule has 3 rings (SSSR count). The minimum atomic E-state index is -0.302. The van der Waals surface area contributed by atoms with Crippen molar-refractivity contribution in [3.8, 4) is 0 Å². The van der Waals surface area contributed by atoms with Crippen LogP contribution >= 0.6 is 23.5 Å². The molecule has 19 heavy (non-hydrogen) atoms. The molecule has 4 unspecified atom stereocenters. The Hall–Kier alpha value is -0.240. The summed E-state index contributed by atoms with van der Waals surface area (Å²) in [5.74, 6) is 3.80. The molecule has 1 aromatic rings. The predicted molar refractivity (Wildman–Crippen MR) is 77.4 cm³/mol. The maximum absolute atomic E-state index is 9.54. The highest BCUT2D eigenvalue weighted by Crippen LogP contribution is 2.43. The second-order valence-electron chi connectivity index (χ2n) is 4.95. The van der Waals surface area contributed by atoms with E-state index in [4.69, 9.17) is 4.52 Å². The molecule has 2 saturated heterocycles. The first-order valence-corrected chi connectivity index (χ1v) is 8.85. The summed E-state index contributed by atoms with van der Waals surface area (Å²) in [5.41, 5.74) is 0. The van der Waals surface area contributed by atoms with E-state index in [1.54, 1.807) is 0 Å². The molecular weight excluding hydrogens is 282 g/mol. The van der Waals surface area contributed by atoms with Gasteiger partial charge in [0.05, 0.1) is 17.4 Å². The zero-order valence-electron chi connectivity index (χ0n) is 10.9. The molecule has 0 radical (unpaired) electrons. The highest BCUT2D eigenvalue weighted by molar-refractivity contribution is 8.06. The Labute approximate surface area is 121 Å². The lowest BCUT2D eigenvalue weighted by Crippen LogP contribution is -2.19. The molecule has 0 saturated carbocycles. The topological polar surface area (TPSA) is 71.2 Å². The number of rotatable bonds is 3. The summed E-state index contributed by atoms with van der Waals surface area (Å²) in [6, 6.07) is 0.0116. The SMILES string of the molecule is CCC1SCCSC1c1noc(C2CC(O)CN2)n1. The van der Waals surface area contributed by atoms with Crippen LogP contribution in [0.5, 0.6) is 0 Å². The fraction of sp³-hybridized carbons (Fsp3) is 0.833. The monoisotopic (exact) mass is 301 g/mol. The fourth-order valence-corrected chi connectivity index (χ4v) is 5.53. The van der Waals surface area contributed by atoms with Crippen LogP contribution in [0.15, 0.2) is 4.52 Å². The molecular formula is C12H19N3O2S2. The lowest BCUT2D eigenvalue weighted by molar-refractivity contribution is 0.191. The van der Waals surface area contributed by atoms with Gasteiger partial charge in [0.2, 0.25) is 5.89 Å². The second kappa shape index (κ2) is 6.03. The van der Waals surface area contributed by atoms with E-state index in [9.17, 15) is 5.11 Å². The van der Waals surface area contributed by atoms with Crippen LogP contribution in [-0.4, -0.2) is 44.7 Å². The standard InChI is InChI=1S/C12H19N3O2S2/c1-2-9-10(19-4-3-18-9)11-14-12(17-15-11)8-5-7(16)6-13-8/h7-10,13,16H,2-6H2,1H3.